The standard InChI is InChI=1S/C32H45N2O6P/c1-9-11-17-38-41(37,39-18-12-10-2)40-28-20-27(24(31(3,4)5)19-25(28)32(6,7)8)34-30(36)23-21-33-26-16-14-13-15-22(26)29(23)35/h13-16,19-21H,9-12,17-18H2,1-8H3,(H,33,35)(H,34,36). The number of aromatic nitrogens is 1. The number of aromatic amines is 1. The van der Waals surface area contributed by atoms with Crippen LogP contribution in [0.3, 0.4) is 0 Å². The van der Waals surface area contributed by atoms with Crippen LogP contribution in [0.2, 0.25) is 0 Å². The van der Waals surface area contributed by atoms with E-state index in [4.69, 9.17) is 13.6 Å². The van der Waals surface area contributed by atoms with E-state index in [1.54, 1.807) is 24.3 Å². The molecule has 1 amide bonds. The molecule has 41 heavy (non-hydrogen) atoms. The molecule has 1 aromatic heterocycles. The topological polar surface area (TPSA) is 107 Å². The van der Waals surface area contributed by atoms with E-state index in [1.165, 1.54) is 6.20 Å². The number of phosphoric acid groups is 1. The van der Waals surface area contributed by atoms with Crippen molar-refractivity contribution in [2.45, 2.75) is 91.9 Å². The van der Waals surface area contributed by atoms with Crippen LogP contribution in [0.1, 0.15) is 103 Å². The van der Waals surface area contributed by atoms with Crippen molar-refractivity contribution in [3.05, 3.63) is 69.5 Å². The molecule has 0 bridgehead atoms. The van der Waals surface area contributed by atoms with Gasteiger partial charge in [0.25, 0.3) is 5.91 Å². The van der Waals surface area contributed by atoms with Crippen LogP contribution in [0.5, 0.6) is 5.75 Å². The molecule has 2 N–H and O–H groups in total. The van der Waals surface area contributed by atoms with Crippen LogP contribution in [0, 0.1) is 0 Å². The van der Waals surface area contributed by atoms with Gasteiger partial charge in [0, 0.05) is 34.4 Å². The minimum absolute atomic E-state index is 0.0117. The lowest BCUT2D eigenvalue weighted by Crippen LogP contribution is -2.25. The molecule has 0 radical (unpaired) electrons. The Kier molecular flexibility index (Phi) is 10.6. The third kappa shape index (κ3) is 8.31. The summed E-state index contributed by atoms with van der Waals surface area (Å²) in [5, 5.41) is 3.37. The number of hydrogen-bond acceptors (Lipinski definition) is 6. The molecule has 9 heteroatoms. The Morgan fingerprint density at radius 1 is 0.902 bits per heavy atom. The number of carbonyl (C=O) groups is 1. The number of amides is 1. The van der Waals surface area contributed by atoms with E-state index in [1.807, 2.05) is 67.5 Å². The first-order valence-electron chi connectivity index (χ1n) is 14.4. The molecule has 0 aliphatic heterocycles. The summed E-state index contributed by atoms with van der Waals surface area (Å²) in [6, 6.07) is 10.7. The van der Waals surface area contributed by atoms with Crippen LogP contribution >= 0.6 is 7.82 Å². The molecule has 8 nitrogen and oxygen atoms in total. The lowest BCUT2D eigenvalue weighted by atomic mass is 9.79. The van der Waals surface area contributed by atoms with Crippen molar-refractivity contribution >= 4 is 30.3 Å². The molecule has 0 atom stereocenters. The molecule has 1 heterocycles. The van der Waals surface area contributed by atoms with E-state index in [2.05, 4.69) is 10.3 Å². The number of hydrogen-bond donors (Lipinski definition) is 2. The fourth-order valence-electron chi connectivity index (χ4n) is 4.34. The highest BCUT2D eigenvalue weighted by atomic mass is 31.2. The summed E-state index contributed by atoms with van der Waals surface area (Å²) in [4.78, 5) is 29.7. The monoisotopic (exact) mass is 584 g/mol. The number of para-hydroxylation sites is 1. The number of rotatable bonds is 12. The average molecular weight is 585 g/mol. The zero-order valence-corrected chi connectivity index (χ0v) is 26.6. The van der Waals surface area contributed by atoms with E-state index >= 15 is 0 Å². The number of fused-ring (bicyclic) bond motifs is 1. The quantitative estimate of drug-likeness (QED) is 0.163. The van der Waals surface area contributed by atoms with Gasteiger partial charge in [0.15, 0.2) is 0 Å². The Morgan fingerprint density at radius 3 is 2.05 bits per heavy atom. The Morgan fingerprint density at radius 2 is 1.49 bits per heavy atom. The average Bonchev–Trinajstić information content (AvgIpc) is 2.88. The van der Waals surface area contributed by atoms with Crippen LogP contribution in [0.4, 0.5) is 5.69 Å². The molecule has 0 saturated carbocycles. The number of carbonyl (C=O) groups excluding carboxylic acids is 1. The summed E-state index contributed by atoms with van der Waals surface area (Å²) in [5.41, 5.74) is 1.58. The third-order valence-electron chi connectivity index (χ3n) is 6.72. The number of anilines is 1. The highest BCUT2D eigenvalue weighted by Gasteiger charge is 2.34. The second-order valence-electron chi connectivity index (χ2n) is 12.3. The summed E-state index contributed by atoms with van der Waals surface area (Å²) in [6.45, 7) is 16.7. The van der Waals surface area contributed by atoms with E-state index < -0.39 is 19.1 Å². The van der Waals surface area contributed by atoms with Gasteiger partial charge < -0.3 is 14.8 Å². The minimum Gasteiger partial charge on any atom is -0.404 e. The number of nitrogens with one attached hydrogen (secondary N) is 2. The normalized spacial score (nSPS) is 12.5. The van der Waals surface area contributed by atoms with E-state index in [0.717, 1.165) is 24.0 Å². The first-order valence-corrected chi connectivity index (χ1v) is 15.9. The van der Waals surface area contributed by atoms with Crippen LogP contribution in [0.25, 0.3) is 10.9 Å². The van der Waals surface area contributed by atoms with Gasteiger partial charge in [-0.25, -0.2) is 4.57 Å². The van der Waals surface area contributed by atoms with Gasteiger partial charge in [-0.3, -0.25) is 18.6 Å². The van der Waals surface area contributed by atoms with Crippen LogP contribution in [-0.2, 0) is 24.4 Å². The zero-order chi connectivity index (χ0) is 30.4. The number of pyridine rings is 1. The predicted octanol–water partition coefficient (Wildman–Crippen LogP) is 8.50. The van der Waals surface area contributed by atoms with Crippen molar-refractivity contribution in [2.24, 2.45) is 0 Å². The molecule has 0 fully saturated rings. The predicted molar refractivity (Wildman–Crippen MR) is 166 cm³/mol. The van der Waals surface area contributed by atoms with Gasteiger partial charge in [-0.2, -0.15) is 0 Å². The Balaban J connectivity index is 2.11. The first-order chi connectivity index (χ1) is 19.2. The van der Waals surface area contributed by atoms with Gasteiger partial charge in [0.05, 0.1) is 13.2 Å². The van der Waals surface area contributed by atoms with Gasteiger partial charge in [-0.1, -0.05) is 80.4 Å². The van der Waals surface area contributed by atoms with Crippen LogP contribution in [-0.4, -0.2) is 24.1 Å². The molecule has 3 rings (SSSR count). The molecule has 0 saturated heterocycles. The second kappa shape index (κ2) is 13.4. The second-order valence-corrected chi connectivity index (χ2v) is 13.9. The molecule has 3 aromatic rings. The summed E-state index contributed by atoms with van der Waals surface area (Å²) in [5.74, 6) is -0.261. The largest absolute Gasteiger partial charge is 0.530 e. The molecular formula is C32H45N2O6P. The minimum atomic E-state index is -3.97. The summed E-state index contributed by atoms with van der Waals surface area (Å²) in [7, 11) is -3.97. The van der Waals surface area contributed by atoms with Crippen molar-refractivity contribution < 1.29 is 22.9 Å². The smallest absolute Gasteiger partial charge is 0.404 e. The van der Waals surface area contributed by atoms with E-state index in [-0.39, 0.29) is 29.6 Å². The zero-order valence-electron chi connectivity index (χ0n) is 25.7. The van der Waals surface area contributed by atoms with Crippen molar-refractivity contribution in [1.29, 1.82) is 0 Å². The van der Waals surface area contributed by atoms with Crippen LogP contribution in [0.15, 0.2) is 47.4 Å². The fourth-order valence-corrected chi connectivity index (χ4v) is 5.62. The van der Waals surface area contributed by atoms with Crippen molar-refractivity contribution in [3.63, 3.8) is 0 Å². The molecule has 0 spiro atoms. The molecule has 0 unspecified atom stereocenters. The van der Waals surface area contributed by atoms with Gasteiger partial charge in [0.2, 0.25) is 5.43 Å². The maximum atomic E-state index is 13.8. The Labute approximate surface area is 243 Å². The number of phosphoric ester groups is 1. The van der Waals surface area contributed by atoms with E-state index in [0.29, 0.717) is 35.2 Å². The van der Waals surface area contributed by atoms with Gasteiger partial charge in [-0.15, -0.1) is 0 Å². The lowest BCUT2D eigenvalue weighted by Gasteiger charge is -2.30. The Hall–Kier alpha value is -2.93. The number of unbranched alkanes of at least 4 members (excludes halogenated alkanes) is 2. The molecule has 0 aliphatic rings. The summed E-state index contributed by atoms with van der Waals surface area (Å²) in [6.07, 6.45) is 4.58. The van der Waals surface area contributed by atoms with Crippen molar-refractivity contribution in [3.8, 4) is 5.75 Å². The maximum absolute atomic E-state index is 13.8. The van der Waals surface area contributed by atoms with E-state index in [9.17, 15) is 14.2 Å². The lowest BCUT2D eigenvalue weighted by molar-refractivity contribution is 0.102. The van der Waals surface area contributed by atoms with Gasteiger partial charge >= 0.3 is 7.82 Å². The van der Waals surface area contributed by atoms with Crippen molar-refractivity contribution in [1.82, 2.24) is 4.98 Å². The van der Waals surface area contributed by atoms with Gasteiger partial charge in [0.1, 0.15) is 11.3 Å². The maximum Gasteiger partial charge on any atom is 0.530 e. The number of benzene rings is 2. The first kappa shape index (κ1) is 32.6. The third-order valence-corrected chi connectivity index (χ3v) is 8.14. The number of H-pyrrole nitrogens is 1. The summed E-state index contributed by atoms with van der Waals surface area (Å²) >= 11 is 0. The molecular weight excluding hydrogens is 539 g/mol. The fraction of sp³-hybridized carbons (Fsp3) is 0.500. The van der Waals surface area contributed by atoms with Gasteiger partial charge in [-0.05, 0) is 47.4 Å². The molecule has 0 aliphatic carbocycles. The Bertz CT molecular complexity index is 1450. The SMILES string of the molecule is CCCCOP(=O)(OCCCC)Oc1cc(NC(=O)c2c[nH]c3ccccc3c2=O)c(C(C)(C)C)cc1C(C)(C)C. The molecule has 224 valence electrons. The highest BCUT2D eigenvalue weighted by Crippen LogP contribution is 2.53. The highest BCUT2D eigenvalue weighted by molar-refractivity contribution is 7.48. The molecule has 2 aromatic carbocycles. The summed E-state index contributed by atoms with van der Waals surface area (Å²) < 4.78 is 31.4. The van der Waals surface area contributed by atoms with Crippen molar-refractivity contribution in [2.75, 3.05) is 18.5 Å². The van der Waals surface area contributed by atoms with Crippen LogP contribution < -0.4 is 15.3 Å².